The molecule has 0 fully saturated rings. The van der Waals surface area contributed by atoms with Gasteiger partial charge in [-0.15, -0.1) is 0 Å². The number of hydrogen-bond donors (Lipinski definition) is 0. The smallest absolute Gasteiger partial charge is 0.106 e. The van der Waals surface area contributed by atoms with E-state index in [1.807, 2.05) is 13.3 Å². The average Bonchev–Trinajstić information content (AvgIpc) is 1.78. The molecule has 0 aromatic carbocycles. The second kappa shape index (κ2) is 4.79. The first kappa shape index (κ1) is 10.0. The van der Waals surface area contributed by atoms with Crippen molar-refractivity contribution < 1.29 is 4.57 Å². The van der Waals surface area contributed by atoms with Gasteiger partial charge in [0.05, 0.1) is 7.14 Å². The van der Waals surface area contributed by atoms with Gasteiger partial charge in [0.1, 0.15) is 7.85 Å². The van der Waals surface area contributed by atoms with E-state index in [0.29, 0.717) is 0 Å². The van der Waals surface area contributed by atoms with Gasteiger partial charge in [-0.1, -0.05) is 18.5 Å². The normalized spacial score (nSPS) is 12.6. The molecule has 0 aliphatic rings. The van der Waals surface area contributed by atoms with Crippen LogP contribution in [0.3, 0.4) is 0 Å². The third-order valence-electron chi connectivity index (χ3n) is 1.24. The highest BCUT2D eigenvalue weighted by molar-refractivity contribution is 7.62. The van der Waals surface area contributed by atoms with Crippen LogP contribution in [0.2, 0.25) is 6.32 Å². The third-order valence-corrected chi connectivity index (χ3v) is 2.57. The van der Waals surface area contributed by atoms with Crippen molar-refractivity contribution in [3.8, 4) is 0 Å². The van der Waals surface area contributed by atoms with Crippen molar-refractivity contribution in [2.24, 2.45) is 0 Å². The third kappa shape index (κ3) is 8.03. The van der Waals surface area contributed by atoms with E-state index in [0.717, 1.165) is 18.9 Å². The van der Waals surface area contributed by atoms with E-state index < -0.39 is 7.14 Å². The highest BCUT2D eigenvalue weighted by atomic mass is 31.2. The van der Waals surface area contributed by atoms with Gasteiger partial charge in [0.2, 0.25) is 0 Å². The van der Waals surface area contributed by atoms with Crippen molar-refractivity contribution >= 4 is 15.0 Å². The predicted molar refractivity (Wildman–Crippen MR) is 51.4 cm³/mol. The van der Waals surface area contributed by atoms with Crippen molar-refractivity contribution in [2.45, 2.75) is 12.7 Å². The molecule has 0 aromatic heterocycles. The van der Waals surface area contributed by atoms with E-state index in [2.05, 4.69) is 20.0 Å². The van der Waals surface area contributed by atoms with E-state index in [1.165, 1.54) is 0 Å². The molecule has 0 spiro atoms. The highest BCUT2D eigenvalue weighted by Crippen LogP contribution is 2.36. The van der Waals surface area contributed by atoms with Gasteiger partial charge in [-0.3, -0.25) is 0 Å². The number of allylic oxidation sites excluding steroid dienone is 2. The molecule has 0 heterocycles. The lowest BCUT2D eigenvalue weighted by atomic mass is 10.1. The van der Waals surface area contributed by atoms with Gasteiger partial charge in [0.25, 0.3) is 0 Å². The molecular weight excluding hydrogens is 142 g/mol. The Morgan fingerprint density at radius 3 is 2.40 bits per heavy atom. The van der Waals surface area contributed by atoms with E-state index in [1.54, 1.807) is 0 Å². The summed E-state index contributed by atoms with van der Waals surface area (Å²) in [6.07, 6.45) is 7.13. The van der Waals surface area contributed by atoms with Gasteiger partial charge in [-0.05, 0) is 19.8 Å². The minimum absolute atomic E-state index is 0.851. The fourth-order valence-corrected chi connectivity index (χ4v) is 1.44. The summed E-state index contributed by atoms with van der Waals surface area (Å²) in [4.78, 5) is 0. The minimum Gasteiger partial charge on any atom is -0.324 e. The van der Waals surface area contributed by atoms with Crippen LogP contribution < -0.4 is 0 Å². The summed E-state index contributed by atoms with van der Waals surface area (Å²) in [7, 11) is 0.348. The van der Waals surface area contributed by atoms with Crippen LogP contribution in [0.1, 0.15) is 6.42 Å². The highest BCUT2D eigenvalue weighted by Gasteiger charge is 2.03. The fraction of sp³-hybridized carbons (Fsp3) is 0.714. The molecule has 0 saturated carbocycles. The first-order valence-electron chi connectivity index (χ1n) is 3.75. The van der Waals surface area contributed by atoms with E-state index >= 15 is 0 Å². The van der Waals surface area contributed by atoms with Gasteiger partial charge < -0.3 is 4.57 Å². The molecule has 0 radical (unpaired) electrons. The molecule has 1 nitrogen and oxygen atoms in total. The Balaban J connectivity index is 3.38. The Labute approximate surface area is 64.7 Å². The van der Waals surface area contributed by atoms with Crippen LogP contribution in [0.15, 0.2) is 12.2 Å². The van der Waals surface area contributed by atoms with Gasteiger partial charge in [-0.25, -0.2) is 0 Å². The lowest BCUT2D eigenvalue weighted by Crippen LogP contribution is -1.82. The van der Waals surface area contributed by atoms with Crippen molar-refractivity contribution in [3.05, 3.63) is 12.2 Å². The Morgan fingerprint density at radius 2 is 2.00 bits per heavy atom. The molecule has 10 heavy (non-hydrogen) atoms. The first-order chi connectivity index (χ1) is 4.56. The largest absolute Gasteiger partial charge is 0.324 e. The zero-order chi connectivity index (χ0) is 8.04. The van der Waals surface area contributed by atoms with Gasteiger partial charge in [0, 0.05) is 6.16 Å². The second-order valence-electron chi connectivity index (χ2n) is 2.97. The number of hydrogen-bond acceptors (Lipinski definition) is 1. The maximum atomic E-state index is 11.1. The quantitative estimate of drug-likeness (QED) is 0.345. The SMILES string of the molecule is BC/C=C\CCP(C)(C)=O. The fourth-order valence-electron chi connectivity index (χ4n) is 0.670. The van der Waals surface area contributed by atoms with Crippen molar-refractivity contribution in [1.82, 2.24) is 0 Å². The number of rotatable bonds is 4. The van der Waals surface area contributed by atoms with Crippen molar-refractivity contribution in [3.63, 3.8) is 0 Å². The molecule has 0 aromatic rings. The molecule has 3 heteroatoms. The standard InChI is InChI=1S/C7H16BOP/c1-10(2,9)7-5-3-4-6-8/h3-4H,5-8H2,1-2H3/b4-3-. The molecule has 0 bridgehead atoms. The van der Waals surface area contributed by atoms with Crippen LogP contribution in [-0.4, -0.2) is 27.3 Å². The zero-order valence-electron chi connectivity index (χ0n) is 7.13. The second-order valence-corrected chi connectivity index (χ2v) is 6.56. The summed E-state index contributed by atoms with van der Waals surface area (Å²) in [5, 5.41) is 0. The minimum atomic E-state index is -1.76. The molecule has 0 amide bonds. The Kier molecular flexibility index (Phi) is 4.81. The lowest BCUT2D eigenvalue weighted by molar-refractivity contribution is 0.582. The molecule has 0 aliphatic heterocycles. The molecule has 0 N–H and O–H groups in total. The molecule has 0 saturated heterocycles. The van der Waals surface area contributed by atoms with Gasteiger partial charge >= 0.3 is 0 Å². The summed E-state index contributed by atoms with van der Waals surface area (Å²) in [6, 6.07) is 0. The Morgan fingerprint density at radius 1 is 1.40 bits per heavy atom. The van der Waals surface area contributed by atoms with Gasteiger partial charge in [-0.2, -0.15) is 0 Å². The van der Waals surface area contributed by atoms with Crippen LogP contribution in [-0.2, 0) is 4.57 Å². The summed E-state index contributed by atoms with van der Waals surface area (Å²) in [5.41, 5.74) is 0. The van der Waals surface area contributed by atoms with E-state index in [4.69, 9.17) is 0 Å². The Bertz CT molecular complexity index is 148. The first-order valence-corrected chi connectivity index (χ1v) is 6.54. The lowest BCUT2D eigenvalue weighted by Gasteiger charge is -2.01. The average molecular weight is 158 g/mol. The summed E-state index contributed by atoms with van der Waals surface area (Å²) in [5.74, 6) is 0. The monoisotopic (exact) mass is 158 g/mol. The Hall–Kier alpha value is 0.0349. The summed E-state index contributed by atoms with van der Waals surface area (Å²) < 4.78 is 11.1. The molecule has 0 unspecified atom stereocenters. The summed E-state index contributed by atoms with van der Waals surface area (Å²) in [6.45, 7) is 3.68. The van der Waals surface area contributed by atoms with Crippen LogP contribution in [0.5, 0.6) is 0 Å². The molecule has 0 aliphatic carbocycles. The maximum absolute atomic E-state index is 11.1. The summed E-state index contributed by atoms with van der Waals surface area (Å²) >= 11 is 0. The molecule has 0 atom stereocenters. The zero-order valence-corrected chi connectivity index (χ0v) is 8.03. The molecular formula is C7H16BOP. The van der Waals surface area contributed by atoms with Crippen LogP contribution >= 0.6 is 7.14 Å². The molecule has 0 rings (SSSR count). The van der Waals surface area contributed by atoms with Crippen LogP contribution in [0.25, 0.3) is 0 Å². The van der Waals surface area contributed by atoms with Gasteiger partial charge in [0.15, 0.2) is 0 Å². The van der Waals surface area contributed by atoms with E-state index in [9.17, 15) is 4.57 Å². The van der Waals surface area contributed by atoms with Crippen LogP contribution in [0.4, 0.5) is 0 Å². The maximum Gasteiger partial charge on any atom is 0.106 e. The van der Waals surface area contributed by atoms with Crippen LogP contribution in [0, 0.1) is 0 Å². The molecule has 58 valence electrons. The topological polar surface area (TPSA) is 17.1 Å². The van der Waals surface area contributed by atoms with Crippen molar-refractivity contribution in [2.75, 3.05) is 19.5 Å². The van der Waals surface area contributed by atoms with E-state index in [-0.39, 0.29) is 0 Å². The predicted octanol–water partition coefficient (Wildman–Crippen LogP) is 1.61. The van der Waals surface area contributed by atoms with Crippen molar-refractivity contribution in [1.29, 1.82) is 0 Å².